The molecule has 0 heterocycles. The summed E-state index contributed by atoms with van der Waals surface area (Å²) in [6.07, 6.45) is 0.603. The number of aliphatic hydroxyl groups is 1. The average Bonchev–Trinajstić information content (AvgIpc) is 2.41. The van der Waals surface area contributed by atoms with Crippen LogP contribution in [0.15, 0.2) is 18.2 Å². The summed E-state index contributed by atoms with van der Waals surface area (Å²) in [6.45, 7) is 5.56. The van der Waals surface area contributed by atoms with Gasteiger partial charge in [-0.15, -0.1) is 0 Å². The monoisotopic (exact) mass is 312 g/mol. The van der Waals surface area contributed by atoms with Crippen LogP contribution in [0, 0.1) is 12.8 Å². The SMILES string of the molecule is Cc1ccc(Cl)cc1NC(=O)C(=O)NC(CO)CC(C)C. The number of amides is 2. The van der Waals surface area contributed by atoms with Gasteiger partial charge in [-0.25, -0.2) is 0 Å². The van der Waals surface area contributed by atoms with Crippen LogP contribution in [0.5, 0.6) is 0 Å². The fourth-order valence-electron chi connectivity index (χ4n) is 1.91. The van der Waals surface area contributed by atoms with Crippen molar-refractivity contribution in [2.75, 3.05) is 11.9 Å². The highest BCUT2D eigenvalue weighted by Gasteiger charge is 2.19. The number of hydrogen-bond acceptors (Lipinski definition) is 3. The van der Waals surface area contributed by atoms with Gasteiger partial charge >= 0.3 is 11.8 Å². The first-order valence-electron chi connectivity index (χ1n) is 6.82. The molecule has 5 nitrogen and oxygen atoms in total. The van der Waals surface area contributed by atoms with Crippen LogP contribution in [0.25, 0.3) is 0 Å². The maximum Gasteiger partial charge on any atom is 0.313 e. The molecular formula is C15H21ClN2O3. The second-order valence-electron chi connectivity index (χ2n) is 5.40. The zero-order valence-electron chi connectivity index (χ0n) is 12.4. The van der Waals surface area contributed by atoms with Crippen LogP contribution in [0.2, 0.25) is 5.02 Å². The van der Waals surface area contributed by atoms with E-state index in [1.807, 2.05) is 13.8 Å². The second-order valence-corrected chi connectivity index (χ2v) is 5.83. The summed E-state index contributed by atoms with van der Waals surface area (Å²) in [5, 5.41) is 14.7. The fourth-order valence-corrected chi connectivity index (χ4v) is 2.08. The van der Waals surface area contributed by atoms with Gasteiger partial charge in [-0.1, -0.05) is 31.5 Å². The van der Waals surface area contributed by atoms with Crippen molar-refractivity contribution < 1.29 is 14.7 Å². The van der Waals surface area contributed by atoms with Crippen molar-refractivity contribution in [2.24, 2.45) is 5.92 Å². The van der Waals surface area contributed by atoms with Crippen molar-refractivity contribution in [3.8, 4) is 0 Å². The molecule has 116 valence electrons. The molecule has 0 radical (unpaired) electrons. The molecular weight excluding hydrogens is 292 g/mol. The zero-order chi connectivity index (χ0) is 16.0. The summed E-state index contributed by atoms with van der Waals surface area (Å²) >= 11 is 5.86. The molecule has 0 fully saturated rings. The number of halogens is 1. The minimum atomic E-state index is -0.775. The number of aryl methyl sites for hydroxylation is 1. The van der Waals surface area contributed by atoms with E-state index in [0.717, 1.165) is 5.56 Å². The van der Waals surface area contributed by atoms with E-state index in [-0.39, 0.29) is 6.61 Å². The van der Waals surface area contributed by atoms with Crippen molar-refractivity contribution >= 4 is 29.1 Å². The summed E-state index contributed by atoms with van der Waals surface area (Å²) in [6, 6.07) is 4.62. The van der Waals surface area contributed by atoms with E-state index in [2.05, 4.69) is 10.6 Å². The molecule has 2 amide bonds. The molecule has 1 rings (SSSR count). The Balaban J connectivity index is 2.66. The third kappa shape index (κ3) is 5.73. The molecule has 0 aliphatic heterocycles. The van der Waals surface area contributed by atoms with Gasteiger partial charge in [0.25, 0.3) is 0 Å². The standard InChI is InChI=1S/C15H21ClN2O3/c1-9(2)6-12(8-19)17-14(20)15(21)18-13-7-11(16)5-4-10(13)3/h4-5,7,9,12,19H,6,8H2,1-3H3,(H,17,20)(H,18,21). The van der Waals surface area contributed by atoms with Gasteiger partial charge in [0, 0.05) is 10.7 Å². The van der Waals surface area contributed by atoms with Crippen molar-refractivity contribution in [1.29, 1.82) is 0 Å². The lowest BCUT2D eigenvalue weighted by Gasteiger charge is -2.18. The number of aliphatic hydroxyl groups excluding tert-OH is 1. The Morgan fingerprint density at radius 1 is 1.29 bits per heavy atom. The van der Waals surface area contributed by atoms with Crippen LogP contribution in [0.4, 0.5) is 5.69 Å². The van der Waals surface area contributed by atoms with Gasteiger partial charge < -0.3 is 15.7 Å². The Kier molecular flexibility index (Phi) is 6.65. The minimum Gasteiger partial charge on any atom is -0.394 e. The molecule has 1 unspecified atom stereocenters. The Bertz CT molecular complexity index is 518. The molecule has 0 aliphatic rings. The molecule has 0 spiro atoms. The van der Waals surface area contributed by atoms with Crippen LogP contribution < -0.4 is 10.6 Å². The molecule has 1 atom stereocenters. The molecule has 0 aliphatic carbocycles. The van der Waals surface area contributed by atoms with E-state index >= 15 is 0 Å². The van der Waals surface area contributed by atoms with Gasteiger partial charge in [0.1, 0.15) is 0 Å². The van der Waals surface area contributed by atoms with Crippen LogP contribution >= 0.6 is 11.6 Å². The highest BCUT2D eigenvalue weighted by molar-refractivity contribution is 6.40. The molecule has 1 aromatic rings. The molecule has 0 aromatic heterocycles. The lowest BCUT2D eigenvalue weighted by atomic mass is 10.0. The van der Waals surface area contributed by atoms with Gasteiger partial charge in [-0.2, -0.15) is 0 Å². The number of hydrogen-bond donors (Lipinski definition) is 3. The first kappa shape index (κ1) is 17.5. The molecule has 0 bridgehead atoms. The molecule has 0 saturated heterocycles. The van der Waals surface area contributed by atoms with Crippen LogP contribution in [0.1, 0.15) is 25.8 Å². The van der Waals surface area contributed by atoms with Crippen molar-refractivity contribution in [2.45, 2.75) is 33.2 Å². The summed E-state index contributed by atoms with van der Waals surface area (Å²) in [4.78, 5) is 23.7. The van der Waals surface area contributed by atoms with Crippen LogP contribution in [-0.4, -0.2) is 29.6 Å². The number of carbonyl (C=O) groups excluding carboxylic acids is 2. The molecule has 6 heteroatoms. The molecule has 21 heavy (non-hydrogen) atoms. The Morgan fingerprint density at radius 2 is 1.95 bits per heavy atom. The largest absolute Gasteiger partial charge is 0.394 e. The third-order valence-corrected chi connectivity index (χ3v) is 3.20. The summed E-state index contributed by atoms with van der Waals surface area (Å²) in [5.74, 6) is -1.24. The van der Waals surface area contributed by atoms with Crippen LogP contribution in [0.3, 0.4) is 0 Å². The van der Waals surface area contributed by atoms with E-state index in [9.17, 15) is 14.7 Å². The maximum absolute atomic E-state index is 11.9. The Morgan fingerprint density at radius 3 is 2.52 bits per heavy atom. The summed E-state index contributed by atoms with van der Waals surface area (Å²) < 4.78 is 0. The van der Waals surface area contributed by atoms with E-state index < -0.39 is 17.9 Å². The number of carbonyl (C=O) groups is 2. The molecule has 3 N–H and O–H groups in total. The quantitative estimate of drug-likeness (QED) is 0.729. The van der Waals surface area contributed by atoms with Gasteiger partial charge in [-0.3, -0.25) is 9.59 Å². The lowest BCUT2D eigenvalue weighted by Crippen LogP contribution is -2.44. The van der Waals surface area contributed by atoms with Crippen LogP contribution in [-0.2, 0) is 9.59 Å². The Labute approximate surface area is 129 Å². The van der Waals surface area contributed by atoms with Gasteiger partial charge in [-0.05, 0) is 37.0 Å². The topological polar surface area (TPSA) is 78.4 Å². The molecule has 0 saturated carbocycles. The highest BCUT2D eigenvalue weighted by Crippen LogP contribution is 2.20. The van der Waals surface area contributed by atoms with E-state index in [0.29, 0.717) is 23.0 Å². The first-order chi connectivity index (χ1) is 9.83. The van der Waals surface area contributed by atoms with E-state index in [1.165, 1.54) is 0 Å². The number of rotatable bonds is 5. The van der Waals surface area contributed by atoms with Crippen molar-refractivity contribution in [3.05, 3.63) is 28.8 Å². The number of anilines is 1. The maximum atomic E-state index is 11.9. The van der Waals surface area contributed by atoms with Gasteiger partial charge in [0.05, 0.1) is 12.6 Å². The smallest absolute Gasteiger partial charge is 0.313 e. The van der Waals surface area contributed by atoms with Gasteiger partial charge in [0.15, 0.2) is 0 Å². The molecule has 1 aromatic carbocycles. The Hall–Kier alpha value is -1.59. The zero-order valence-corrected chi connectivity index (χ0v) is 13.2. The first-order valence-corrected chi connectivity index (χ1v) is 7.20. The van der Waals surface area contributed by atoms with Crippen molar-refractivity contribution in [1.82, 2.24) is 5.32 Å². The highest BCUT2D eigenvalue weighted by atomic mass is 35.5. The van der Waals surface area contributed by atoms with E-state index in [4.69, 9.17) is 11.6 Å². The fraction of sp³-hybridized carbons (Fsp3) is 0.467. The third-order valence-electron chi connectivity index (χ3n) is 2.97. The van der Waals surface area contributed by atoms with Gasteiger partial charge in [0.2, 0.25) is 0 Å². The minimum absolute atomic E-state index is 0.201. The summed E-state index contributed by atoms with van der Waals surface area (Å²) in [7, 11) is 0. The normalized spacial score (nSPS) is 12.1. The van der Waals surface area contributed by atoms with E-state index in [1.54, 1.807) is 25.1 Å². The predicted molar refractivity (Wildman–Crippen MR) is 83.3 cm³/mol. The number of nitrogens with one attached hydrogen (secondary N) is 2. The second kappa shape index (κ2) is 8.00. The summed E-state index contributed by atoms with van der Waals surface area (Å²) in [5.41, 5.74) is 1.30. The lowest BCUT2D eigenvalue weighted by molar-refractivity contribution is -0.136. The average molecular weight is 313 g/mol. The van der Waals surface area contributed by atoms with Crippen molar-refractivity contribution in [3.63, 3.8) is 0 Å². The number of benzene rings is 1. The predicted octanol–water partition coefficient (Wildman–Crippen LogP) is 2.11.